The number of hydrogen-bond donors (Lipinski definition) is 3. The Morgan fingerprint density at radius 2 is 1.90 bits per heavy atom. The first-order valence-electron chi connectivity index (χ1n) is 6.79. The Morgan fingerprint density at radius 1 is 1.24 bits per heavy atom. The molecule has 0 saturated carbocycles. The summed E-state index contributed by atoms with van der Waals surface area (Å²) in [6.07, 6.45) is 2.11. The predicted molar refractivity (Wildman–Crippen MR) is 78.2 cm³/mol. The molecule has 0 unspecified atom stereocenters. The number of amides is 1. The van der Waals surface area contributed by atoms with Crippen molar-refractivity contribution < 1.29 is 15.0 Å². The molecule has 6 nitrogen and oxygen atoms in total. The molecule has 0 saturated heterocycles. The van der Waals surface area contributed by atoms with E-state index < -0.39 is 11.4 Å². The van der Waals surface area contributed by atoms with Gasteiger partial charge in [-0.15, -0.1) is 0 Å². The smallest absolute Gasteiger partial charge is 0.272 e. The van der Waals surface area contributed by atoms with Crippen molar-refractivity contribution in [1.29, 1.82) is 0 Å². The normalized spacial score (nSPS) is 11.4. The van der Waals surface area contributed by atoms with Gasteiger partial charge in [-0.2, -0.15) is 5.10 Å². The fraction of sp³-hybridized carbons (Fsp3) is 0.333. The van der Waals surface area contributed by atoms with Crippen LogP contribution in [0.5, 0.6) is 0 Å². The number of aliphatic hydroxyl groups excluding tert-OH is 2. The zero-order valence-electron chi connectivity index (χ0n) is 11.9. The number of para-hydroxylation sites is 1. The van der Waals surface area contributed by atoms with Crippen LogP contribution in [0.15, 0.2) is 42.6 Å². The molecule has 0 radical (unpaired) electrons. The zero-order chi connectivity index (χ0) is 15.3. The van der Waals surface area contributed by atoms with Crippen LogP contribution in [0.4, 0.5) is 0 Å². The average Bonchev–Trinajstić information content (AvgIpc) is 3.04. The van der Waals surface area contributed by atoms with Gasteiger partial charge in [-0.25, -0.2) is 4.68 Å². The Bertz CT molecular complexity index is 583. The van der Waals surface area contributed by atoms with Crippen molar-refractivity contribution in [3.8, 4) is 5.69 Å². The maximum Gasteiger partial charge on any atom is 0.272 e. The Labute approximate surface area is 123 Å². The number of rotatable bonds is 6. The minimum Gasteiger partial charge on any atom is -0.394 e. The van der Waals surface area contributed by atoms with E-state index in [9.17, 15) is 15.0 Å². The predicted octanol–water partition coefficient (Wildman–Crippen LogP) is 0.736. The monoisotopic (exact) mass is 289 g/mol. The second-order valence-electron chi connectivity index (χ2n) is 4.89. The van der Waals surface area contributed by atoms with Crippen LogP contribution in [0.3, 0.4) is 0 Å². The van der Waals surface area contributed by atoms with E-state index in [-0.39, 0.29) is 18.9 Å². The number of benzene rings is 1. The van der Waals surface area contributed by atoms with Crippen molar-refractivity contribution >= 4 is 5.91 Å². The van der Waals surface area contributed by atoms with E-state index in [0.29, 0.717) is 6.42 Å². The van der Waals surface area contributed by atoms with Gasteiger partial charge in [-0.05, 0) is 24.6 Å². The van der Waals surface area contributed by atoms with Crippen LogP contribution in [0.2, 0.25) is 0 Å². The van der Waals surface area contributed by atoms with Gasteiger partial charge in [0.25, 0.3) is 5.91 Å². The number of aromatic nitrogens is 2. The topological polar surface area (TPSA) is 87.4 Å². The summed E-state index contributed by atoms with van der Waals surface area (Å²) in [6, 6.07) is 11.0. The van der Waals surface area contributed by atoms with E-state index in [1.54, 1.807) is 23.9 Å². The highest BCUT2D eigenvalue weighted by Crippen LogP contribution is 2.11. The molecule has 6 heteroatoms. The summed E-state index contributed by atoms with van der Waals surface area (Å²) < 4.78 is 1.60. The molecule has 0 aliphatic carbocycles. The third kappa shape index (κ3) is 3.29. The summed E-state index contributed by atoms with van der Waals surface area (Å²) in [5.74, 6) is -0.422. The molecule has 0 aliphatic rings. The highest BCUT2D eigenvalue weighted by molar-refractivity contribution is 5.92. The molecule has 1 amide bonds. The van der Waals surface area contributed by atoms with E-state index in [1.807, 2.05) is 30.3 Å². The SMILES string of the molecule is CCC(CO)(CO)NC(=O)c1ccn(-c2ccccc2)n1. The van der Waals surface area contributed by atoms with Gasteiger partial charge in [0.15, 0.2) is 5.69 Å². The Morgan fingerprint density at radius 3 is 2.48 bits per heavy atom. The molecule has 0 atom stereocenters. The van der Waals surface area contributed by atoms with Gasteiger partial charge >= 0.3 is 0 Å². The summed E-state index contributed by atoms with van der Waals surface area (Å²) in [5, 5.41) is 25.6. The minimum atomic E-state index is -1.02. The number of carbonyl (C=O) groups is 1. The molecule has 21 heavy (non-hydrogen) atoms. The maximum absolute atomic E-state index is 12.2. The number of nitrogens with one attached hydrogen (secondary N) is 1. The van der Waals surface area contributed by atoms with Crippen molar-refractivity contribution in [1.82, 2.24) is 15.1 Å². The van der Waals surface area contributed by atoms with Gasteiger partial charge in [0, 0.05) is 6.20 Å². The Balaban J connectivity index is 2.16. The number of nitrogens with zero attached hydrogens (tertiary/aromatic N) is 2. The van der Waals surface area contributed by atoms with Gasteiger partial charge in [0.05, 0.1) is 24.4 Å². The van der Waals surface area contributed by atoms with Crippen molar-refractivity contribution in [2.24, 2.45) is 0 Å². The molecule has 0 spiro atoms. The first-order valence-corrected chi connectivity index (χ1v) is 6.79. The standard InChI is InChI=1S/C15H19N3O3/c1-2-15(10-19,11-20)16-14(21)13-8-9-18(17-13)12-6-4-3-5-7-12/h3-9,19-20H,2,10-11H2,1H3,(H,16,21). The molecule has 1 aromatic carbocycles. The van der Waals surface area contributed by atoms with Crippen LogP contribution in [0, 0.1) is 0 Å². The first-order chi connectivity index (χ1) is 10.1. The summed E-state index contributed by atoms with van der Waals surface area (Å²) in [5.41, 5.74) is 0.0642. The van der Waals surface area contributed by atoms with Crippen LogP contribution in [-0.4, -0.2) is 44.7 Å². The van der Waals surface area contributed by atoms with Gasteiger partial charge < -0.3 is 15.5 Å². The minimum absolute atomic E-state index is 0.235. The van der Waals surface area contributed by atoms with Crippen molar-refractivity contribution in [2.75, 3.05) is 13.2 Å². The zero-order valence-corrected chi connectivity index (χ0v) is 11.9. The molecule has 1 heterocycles. The van der Waals surface area contributed by atoms with Crippen LogP contribution < -0.4 is 5.32 Å². The maximum atomic E-state index is 12.2. The van der Waals surface area contributed by atoms with Crippen LogP contribution in [0.25, 0.3) is 5.69 Å². The Kier molecular flexibility index (Phi) is 4.72. The summed E-state index contributed by atoms with van der Waals surface area (Å²) in [4.78, 5) is 12.2. The first kappa shape index (κ1) is 15.2. The molecule has 0 bridgehead atoms. The van der Waals surface area contributed by atoms with Gasteiger partial charge in [0.2, 0.25) is 0 Å². The van der Waals surface area contributed by atoms with Crippen molar-refractivity contribution in [3.63, 3.8) is 0 Å². The third-order valence-electron chi connectivity index (χ3n) is 3.50. The number of aliphatic hydroxyl groups is 2. The van der Waals surface area contributed by atoms with E-state index in [4.69, 9.17) is 0 Å². The summed E-state index contributed by atoms with van der Waals surface area (Å²) >= 11 is 0. The van der Waals surface area contributed by atoms with Gasteiger partial charge in [0.1, 0.15) is 0 Å². The Hall–Kier alpha value is -2.18. The molecule has 3 N–H and O–H groups in total. The second-order valence-corrected chi connectivity index (χ2v) is 4.89. The second kappa shape index (κ2) is 6.51. The molecular weight excluding hydrogens is 270 g/mol. The van der Waals surface area contributed by atoms with Crippen LogP contribution in [-0.2, 0) is 0 Å². The van der Waals surface area contributed by atoms with E-state index >= 15 is 0 Å². The molecular formula is C15H19N3O3. The number of hydrogen-bond acceptors (Lipinski definition) is 4. The lowest BCUT2D eigenvalue weighted by Crippen LogP contribution is -2.53. The van der Waals surface area contributed by atoms with E-state index in [2.05, 4.69) is 10.4 Å². The number of carbonyl (C=O) groups excluding carboxylic acids is 1. The van der Waals surface area contributed by atoms with E-state index in [1.165, 1.54) is 0 Å². The summed E-state index contributed by atoms with van der Waals surface area (Å²) in [6.45, 7) is 1.13. The van der Waals surface area contributed by atoms with Crippen molar-refractivity contribution in [3.05, 3.63) is 48.3 Å². The lowest BCUT2D eigenvalue weighted by molar-refractivity contribution is 0.0649. The fourth-order valence-electron chi connectivity index (χ4n) is 1.92. The van der Waals surface area contributed by atoms with Crippen LogP contribution in [0.1, 0.15) is 23.8 Å². The fourth-order valence-corrected chi connectivity index (χ4v) is 1.92. The lowest BCUT2D eigenvalue weighted by atomic mass is 9.98. The molecule has 0 fully saturated rings. The largest absolute Gasteiger partial charge is 0.394 e. The highest BCUT2D eigenvalue weighted by atomic mass is 16.3. The summed E-state index contributed by atoms with van der Waals surface area (Å²) in [7, 11) is 0. The average molecular weight is 289 g/mol. The van der Waals surface area contributed by atoms with Crippen LogP contribution >= 0.6 is 0 Å². The molecule has 2 aromatic rings. The van der Waals surface area contributed by atoms with Gasteiger partial charge in [-0.3, -0.25) is 4.79 Å². The highest BCUT2D eigenvalue weighted by Gasteiger charge is 2.29. The quantitative estimate of drug-likeness (QED) is 0.732. The van der Waals surface area contributed by atoms with Crippen molar-refractivity contribution in [2.45, 2.75) is 18.9 Å². The van der Waals surface area contributed by atoms with Gasteiger partial charge in [-0.1, -0.05) is 25.1 Å². The molecule has 1 aromatic heterocycles. The molecule has 112 valence electrons. The molecule has 0 aliphatic heterocycles. The third-order valence-corrected chi connectivity index (χ3v) is 3.50. The lowest BCUT2D eigenvalue weighted by Gasteiger charge is -2.29. The van der Waals surface area contributed by atoms with E-state index in [0.717, 1.165) is 5.69 Å². The molecule has 2 rings (SSSR count).